The van der Waals surface area contributed by atoms with Crippen LogP contribution in [0.15, 0.2) is 35.4 Å². The van der Waals surface area contributed by atoms with Crippen molar-refractivity contribution in [2.45, 2.75) is 65.2 Å². The van der Waals surface area contributed by atoms with E-state index in [1.807, 2.05) is 25.1 Å². The molecule has 3 heteroatoms. The topological polar surface area (TPSA) is 41.5 Å². The fourth-order valence-electron chi connectivity index (χ4n) is 2.19. The van der Waals surface area contributed by atoms with Crippen LogP contribution in [-0.2, 0) is 0 Å². The summed E-state index contributed by atoms with van der Waals surface area (Å²) in [6, 6.07) is 9.17. The van der Waals surface area contributed by atoms with Gasteiger partial charge in [0.2, 0.25) is 0 Å². The predicted octanol–water partition coefficient (Wildman–Crippen LogP) is 4.93. The molecule has 3 nitrogen and oxygen atoms in total. The number of unbranched alkanes of at least 4 members (excludes halogenated alkanes) is 6. The standard InChI is InChI=1S/C18H28N2O/c1-3-4-5-6-7-8-10-13-16(2)19-20-18(21)17-14-11-9-12-15-17/h9,11-12,14-15H,3-8,10,13H2,1-2H3,(H,20,21)/b19-16-. The van der Waals surface area contributed by atoms with Gasteiger partial charge in [-0.2, -0.15) is 5.10 Å². The summed E-state index contributed by atoms with van der Waals surface area (Å²) in [5.74, 6) is -0.144. The Bertz CT molecular complexity index is 426. The molecule has 1 aromatic rings. The lowest BCUT2D eigenvalue weighted by molar-refractivity contribution is 0.0954. The zero-order valence-corrected chi connectivity index (χ0v) is 13.4. The Labute approximate surface area is 128 Å². The highest BCUT2D eigenvalue weighted by atomic mass is 16.2. The van der Waals surface area contributed by atoms with Gasteiger partial charge in [-0.3, -0.25) is 4.79 Å². The van der Waals surface area contributed by atoms with Crippen LogP contribution in [0.3, 0.4) is 0 Å². The molecule has 0 fully saturated rings. The molecule has 0 spiro atoms. The summed E-state index contributed by atoms with van der Waals surface area (Å²) >= 11 is 0. The van der Waals surface area contributed by atoms with E-state index < -0.39 is 0 Å². The molecule has 1 aromatic carbocycles. The van der Waals surface area contributed by atoms with Crippen molar-refractivity contribution in [3.05, 3.63) is 35.9 Å². The van der Waals surface area contributed by atoms with Crippen molar-refractivity contribution in [3.8, 4) is 0 Å². The van der Waals surface area contributed by atoms with Gasteiger partial charge in [0.25, 0.3) is 5.91 Å². The molecule has 1 amide bonds. The third-order valence-electron chi connectivity index (χ3n) is 3.53. The Morgan fingerprint density at radius 2 is 1.62 bits per heavy atom. The highest BCUT2D eigenvalue weighted by Gasteiger charge is 2.02. The lowest BCUT2D eigenvalue weighted by atomic mass is 10.1. The summed E-state index contributed by atoms with van der Waals surface area (Å²) in [5, 5.41) is 4.16. The van der Waals surface area contributed by atoms with E-state index in [0.717, 1.165) is 18.6 Å². The number of amides is 1. The number of rotatable bonds is 10. The maximum Gasteiger partial charge on any atom is 0.271 e. The van der Waals surface area contributed by atoms with Gasteiger partial charge in [0, 0.05) is 11.3 Å². The number of nitrogens with one attached hydrogen (secondary N) is 1. The highest BCUT2D eigenvalue weighted by Crippen LogP contribution is 2.08. The number of carbonyl (C=O) groups excluding carboxylic acids is 1. The Morgan fingerprint density at radius 3 is 2.29 bits per heavy atom. The Kier molecular flexibility index (Phi) is 9.18. The number of benzene rings is 1. The monoisotopic (exact) mass is 288 g/mol. The third-order valence-corrected chi connectivity index (χ3v) is 3.53. The van der Waals surface area contributed by atoms with Gasteiger partial charge in [-0.15, -0.1) is 0 Å². The van der Waals surface area contributed by atoms with Gasteiger partial charge >= 0.3 is 0 Å². The minimum absolute atomic E-state index is 0.144. The molecular weight excluding hydrogens is 260 g/mol. The van der Waals surface area contributed by atoms with Gasteiger partial charge in [0.1, 0.15) is 0 Å². The van der Waals surface area contributed by atoms with E-state index in [1.54, 1.807) is 12.1 Å². The van der Waals surface area contributed by atoms with Crippen LogP contribution in [0.4, 0.5) is 0 Å². The second-order valence-corrected chi connectivity index (χ2v) is 5.53. The second kappa shape index (κ2) is 11.1. The van der Waals surface area contributed by atoms with Gasteiger partial charge in [0.15, 0.2) is 0 Å². The van der Waals surface area contributed by atoms with Crippen LogP contribution in [-0.4, -0.2) is 11.6 Å². The van der Waals surface area contributed by atoms with Crippen molar-refractivity contribution >= 4 is 11.6 Å². The van der Waals surface area contributed by atoms with Crippen LogP contribution in [0.5, 0.6) is 0 Å². The van der Waals surface area contributed by atoms with Crippen molar-refractivity contribution in [2.75, 3.05) is 0 Å². The van der Waals surface area contributed by atoms with Gasteiger partial charge < -0.3 is 0 Å². The first-order valence-electron chi connectivity index (χ1n) is 8.12. The molecule has 0 saturated carbocycles. The fourth-order valence-corrected chi connectivity index (χ4v) is 2.19. The molecule has 21 heavy (non-hydrogen) atoms. The molecule has 0 aliphatic carbocycles. The van der Waals surface area contributed by atoms with Crippen LogP contribution in [0.1, 0.15) is 75.6 Å². The van der Waals surface area contributed by atoms with E-state index in [2.05, 4.69) is 17.5 Å². The molecule has 0 aliphatic heterocycles. The van der Waals surface area contributed by atoms with Crippen LogP contribution >= 0.6 is 0 Å². The van der Waals surface area contributed by atoms with Crippen LogP contribution < -0.4 is 5.43 Å². The highest BCUT2D eigenvalue weighted by molar-refractivity contribution is 5.95. The summed E-state index contributed by atoms with van der Waals surface area (Å²) in [6.07, 6.45) is 10.0. The zero-order chi connectivity index (χ0) is 15.3. The smallest absolute Gasteiger partial charge is 0.267 e. The second-order valence-electron chi connectivity index (χ2n) is 5.53. The molecule has 0 bridgehead atoms. The lowest BCUT2D eigenvalue weighted by Crippen LogP contribution is -2.18. The number of nitrogens with zero attached hydrogens (tertiary/aromatic N) is 1. The average molecular weight is 288 g/mol. The molecule has 1 N–H and O–H groups in total. The largest absolute Gasteiger partial charge is 0.271 e. The van der Waals surface area contributed by atoms with Gasteiger partial charge in [-0.1, -0.05) is 63.6 Å². The molecule has 0 aromatic heterocycles. The molecule has 0 atom stereocenters. The van der Waals surface area contributed by atoms with Gasteiger partial charge in [-0.25, -0.2) is 5.43 Å². The lowest BCUT2D eigenvalue weighted by Gasteiger charge is -2.03. The number of hydrogen-bond donors (Lipinski definition) is 1. The quantitative estimate of drug-likeness (QED) is 0.370. The Hall–Kier alpha value is -1.64. The Morgan fingerprint density at radius 1 is 1.00 bits per heavy atom. The normalized spacial score (nSPS) is 11.4. The maximum absolute atomic E-state index is 11.8. The van der Waals surface area contributed by atoms with E-state index in [-0.39, 0.29) is 5.91 Å². The minimum atomic E-state index is -0.144. The first kappa shape index (κ1) is 17.4. The van der Waals surface area contributed by atoms with Crippen LogP contribution in [0.25, 0.3) is 0 Å². The summed E-state index contributed by atoms with van der Waals surface area (Å²) in [4.78, 5) is 11.8. The summed E-state index contributed by atoms with van der Waals surface area (Å²) in [7, 11) is 0. The van der Waals surface area contributed by atoms with Gasteiger partial charge in [-0.05, 0) is 31.9 Å². The van der Waals surface area contributed by atoms with Crippen molar-refractivity contribution in [3.63, 3.8) is 0 Å². The van der Waals surface area contributed by atoms with E-state index >= 15 is 0 Å². The summed E-state index contributed by atoms with van der Waals surface area (Å²) in [6.45, 7) is 4.21. The van der Waals surface area contributed by atoms with Gasteiger partial charge in [0.05, 0.1) is 0 Å². The van der Waals surface area contributed by atoms with E-state index in [1.165, 1.54) is 38.5 Å². The Balaban J connectivity index is 2.14. The molecule has 0 radical (unpaired) electrons. The van der Waals surface area contributed by atoms with Crippen LogP contribution in [0.2, 0.25) is 0 Å². The van der Waals surface area contributed by atoms with E-state index in [0.29, 0.717) is 5.56 Å². The van der Waals surface area contributed by atoms with Crippen molar-refractivity contribution in [1.29, 1.82) is 0 Å². The third kappa shape index (κ3) is 8.28. The van der Waals surface area contributed by atoms with Crippen LogP contribution in [0, 0.1) is 0 Å². The zero-order valence-electron chi connectivity index (χ0n) is 13.4. The number of hydrazone groups is 1. The molecular formula is C18H28N2O. The predicted molar refractivity (Wildman–Crippen MR) is 89.6 cm³/mol. The first-order valence-corrected chi connectivity index (χ1v) is 8.12. The molecule has 0 aliphatic rings. The summed E-state index contributed by atoms with van der Waals surface area (Å²) < 4.78 is 0. The van der Waals surface area contributed by atoms with E-state index in [9.17, 15) is 4.79 Å². The molecule has 0 heterocycles. The average Bonchev–Trinajstić information content (AvgIpc) is 2.52. The molecule has 116 valence electrons. The minimum Gasteiger partial charge on any atom is -0.267 e. The molecule has 0 unspecified atom stereocenters. The maximum atomic E-state index is 11.8. The fraction of sp³-hybridized carbons (Fsp3) is 0.556. The SMILES string of the molecule is CCCCCCCCC/C(C)=N\NC(=O)c1ccccc1. The van der Waals surface area contributed by atoms with E-state index in [4.69, 9.17) is 0 Å². The van der Waals surface area contributed by atoms with Crippen molar-refractivity contribution in [2.24, 2.45) is 5.10 Å². The number of hydrogen-bond acceptors (Lipinski definition) is 2. The van der Waals surface area contributed by atoms with Crippen molar-refractivity contribution in [1.82, 2.24) is 5.43 Å². The molecule has 0 saturated heterocycles. The first-order chi connectivity index (χ1) is 10.2. The number of carbonyl (C=O) groups is 1. The summed E-state index contributed by atoms with van der Waals surface area (Å²) in [5.41, 5.74) is 4.25. The van der Waals surface area contributed by atoms with Crippen molar-refractivity contribution < 1.29 is 4.79 Å². The molecule has 1 rings (SSSR count).